The van der Waals surface area contributed by atoms with Gasteiger partial charge in [0.05, 0.1) is 12.7 Å². The molecule has 1 aromatic rings. The Balaban J connectivity index is 2.00. The van der Waals surface area contributed by atoms with Gasteiger partial charge in [-0.2, -0.15) is 0 Å². The SMILES string of the molecule is [O]CCCCC(O)CNCCc1ccccn1. The number of aliphatic hydroxyl groups is 1. The summed E-state index contributed by atoms with van der Waals surface area (Å²) >= 11 is 0. The Kier molecular flexibility index (Phi) is 7.54. The third-order valence-electron chi connectivity index (χ3n) is 2.60. The lowest BCUT2D eigenvalue weighted by Gasteiger charge is -2.11. The van der Waals surface area contributed by atoms with Gasteiger partial charge in [0.25, 0.3) is 0 Å². The number of aromatic nitrogens is 1. The normalized spacial score (nSPS) is 12.6. The highest BCUT2D eigenvalue weighted by atomic mass is 16.3. The molecule has 1 unspecified atom stereocenters. The van der Waals surface area contributed by atoms with Gasteiger partial charge in [-0.15, -0.1) is 0 Å². The molecule has 1 atom stereocenters. The van der Waals surface area contributed by atoms with Crippen molar-refractivity contribution in [2.45, 2.75) is 31.8 Å². The zero-order valence-corrected chi connectivity index (χ0v) is 10.1. The van der Waals surface area contributed by atoms with Crippen molar-refractivity contribution >= 4 is 0 Å². The third kappa shape index (κ3) is 7.05. The maximum Gasteiger partial charge on any atom is 0.0822 e. The molecule has 0 spiro atoms. The molecule has 0 saturated heterocycles. The highest BCUT2D eigenvalue weighted by molar-refractivity contribution is 5.03. The Labute approximate surface area is 103 Å². The van der Waals surface area contributed by atoms with E-state index < -0.39 is 0 Å². The van der Waals surface area contributed by atoms with E-state index in [1.54, 1.807) is 6.20 Å². The summed E-state index contributed by atoms with van der Waals surface area (Å²) < 4.78 is 0. The van der Waals surface area contributed by atoms with Gasteiger partial charge in [0.15, 0.2) is 0 Å². The molecule has 4 nitrogen and oxygen atoms in total. The standard InChI is InChI=1S/C13H21N2O2/c16-10-4-2-6-13(17)11-14-9-7-12-5-1-3-8-15-12/h1,3,5,8,13-14,17H,2,4,6-7,9-11H2. The van der Waals surface area contributed by atoms with Crippen LogP contribution in [0.15, 0.2) is 24.4 Å². The van der Waals surface area contributed by atoms with Crippen LogP contribution in [0.5, 0.6) is 0 Å². The molecular weight excluding hydrogens is 216 g/mol. The summed E-state index contributed by atoms with van der Waals surface area (Å²) in [6.45, 7) is 1.36. The first kappa shape index (κ1) is 14.1. The number of pyridine rings is 1. The first-order chi connectivity index (χ1) is 8.33. The smallest absolute Gasteiger partial charge is 0.0822 e. The van der Waals surface area contributed by atoms with Crippen LogP contribution in [0.4, 0.5) is 0 Å². The molecule has 0 aliphatic rings. The van der Waals surface area contributed by atoms with Crippen molar-refractivity contribution in [2.75, 3.05) is 19.7 Å². The number of unbranched alkanes of at least 4 members (excludes halogenated alkanes) is 1. The Morgan fingerprint density at radius 2 is 2.24 bits per heavy atom. The van der Waals surface area contributed by atoms with Crippen LogP contribution in [0, 0.1) is 0 Å². The van der Waals surface area contributed by atoms with Crippen LogP contribution in [0.3, 0.4) is 0 Å². The lowest BCUT2D eigenvalue weighted by Crippen LogP contribution is -2.28. The predicted octanol–water partition coefficient (Wildman–Crippen LogP) is 1.18. The third-order valence-corrected chi connectivity index (χ3v) is 2.60. The van der Waals surface area contributed by atoms with E-state index in [9.17, 15) is 10.2 Å². The van der Waals surface area contributed by atoms with E-state index in [2.05, 4.69) is 10.3 Å². The van der Waals surface area contributed by atoms with E-state index in [0.717, 1.165) is 25.1 Å². The zero-order valence-electron chi connectivity index (χ0n) is 10.1. The van der Waals surface area contributed by atoms with Gasteiger partial charge in [0, 0.05) is 31.4 Å². The first-order valence-electron chi connectivity index (χ1n) is 6.19. The second kappa shape index (κ2) is 9.10. The summed E-state index contributed by atoms with van der Waals surface area (Å²) in [6, 6.07) is 5.86. The Morgan fingerprint density at radius 1 is 1.35 bits per heavy atom. The monoisotopic (exact) mass is 237 g/mol. The molecular formula is C13H21N2O2. The van der Waals surface area contributed by atoms with Crippen LogP contribution < -0.4 is 5.32 Å². The summed E-state index contributed by atoms with van der Waals surface area (Å²) in [6.07, 6.45) is 4.49. The van der Waals surface area contributed by atoms with Gasteiger partial charge in [0.1, 0.15) is 0 Å². The fourth-order valence-corrected chi connectivity index (χ4v) is 1.62. The fraction of sp³-hybridized carbons (Fsp3) is 0.615. The van der Waals surface area contributed by atoms with E-state index in [1.165, 1.54) is 0 Å². The number of hydrogen-bond donors (Lipinski definition) is 2. The summed E-state index contributed by atoms with van der Waals surface area (Å²) in [7, 11) is 0. The lowest BCUT2D eigenvalue weighted by atomic mass is 10.1. The van der Waals surface area contributed by atoms with Crippen molar-refractivity contribution in [3.05, 3.63) is 30.1 Å². The number of aliphatic hydroxyl groups excluding tert-OH is 1. The number of rotatable bonds is 9. The summed E-state index contributed by atoms with van der Waals surface area (Å²) in [5.74, 6) is 0. The largest absolute Gasteiger partial charge is 0.392 e. The molecule has 0 fully saturated rings. The molecule has 0 aliphatic heterocycles. The zero-order chi connectivity index (χ0) is 12.3. The molecule has 0 aromatic carbocycles. The Bertz CT molecular complexity index is 280. The Morgan fingerprint density at radius 3 is 2.94 bits per heavy atom. The van der Waals surface area contributed by atoms with Gasteiger partial charge in [0.2, 0.25) is 0 Å². The molecule has 0 amide bonds. The molecule has 1 aromatic heterocycles. The first-order valence-corrected chi connectivity index (χ1v) is 6.19. The highest BCUT2D eigenvalue weighted by Gasteiger charge is 2.03. The minimum absolute atomic E-state index is 0.0418. The Hall–Kier alpha value is -0.970. The van der Waals surface area contributed by atoms with E-state index in [4.69, 9.17) is 0 Å². The molecule has 0 aliphatic carbocycles. The maximum atomic E-state index is 10.2. The molecule has 95 valence electrons. The van der Waals surface area contributed by atoms with Crippen LogP contribution >= 0.6 is 0 Å². The van der Waals surface area contributed by atoms with E-state index in [-0.39, 0.29) is 12.7 Å². The van der Waals surface area contributed by atoms with Crippen LogP contribution in [0.2, 0.25) is 0 Å². The molecule has 4 heteroatoms. The molecule has 1 radical (unpaired) electrons. The number of hydrogen-bond acceptors (Lipinski definition) is 3. The second-order valence-electron chi connectivity index (χ2n) is 4.13. The van der Waals surface area contributed by atoms with E-state index in [0.29, 0.717) is 19.4 Å². The van der Waals surface area contributed by atoms with Crippen LogP contribution in [0.25, 0.3) is 0 Å². The van der Waals surface area contributed by atoms with Crippen LogP contribution in [0.1, 0.15) is 25.0 Å². The number of nitrogens with zero attached hydrogens (tertiary/aromatic N) is 1. The lowest BCUT2D eigenvalue weighted by molar-refractivity contribution is 0.145. The van der Waals surface area contributed by atoms with Crippen molar-refractivity contribution in [3.8, 4) is 0 Å². The molecule has 1 heterocycles. The van der Waals surface area contributed by atoms with Crippen molar-refractivity contribution in [1.82, 2.24) is 10.3 Å². The van der Waals surface area contributed by atoms with Gasteiger partial charge >= 0.3 is 0 Å². The van der Waals surface area contributed by atoms with Crippen LogP contribution in [-0.2, 0) is 11.5 Å². The molecule has 0 bridgehead atoms. The minimum atomic E-state index is -0.342. The highest BCUT2D eigenvalue weighted by Crippen LogP contribution is 1.99. The van der Waals surface area contributed by atoms with E-state index in [1.807, 2.05) is 18.2 Å². The summed E-state index contributed by atoms with van der Waals surface area (Å²) in [5.41, 5.74) is 1.06. The van der Waals surface area contributed by atoms with Gasteiger partial charge in [-0.3, -0.25) is 4.98 Å². The van der Waals surface area contributed by atoms with Gasteiger partial charge in [-0.05, 0) is 31.4 Å². The summed E-state index contributed by atoms with van der Waals surface area (Å²) in [5, 5.41) is 23.0. The average molecular weight is 237 g/mol. The van der Waals surface area contributed by atoms with Crippen LogP contribution in [-0.4, -0.2) is 35.9 Å². The predicted molar refractivity (Wildman–Crippen MR) is 66.2 cm³/mol. The average Bonchev–Trinajstić information content (AvgIpc) is 2.36. The topological polar surface area (TPSA) is 65.0 Å². The van der Waals surface area contributed by atoms with Crippen molar-refractivity contribution in [3.63, 3.8) is 0 Å². The minimum Gasteiger partial charge on any atom is -0.392 e. The van der Waals surface area contributed by atoms with Crippen molar-refractivity contribution in [1.29, 1.82) is 0 Å². The summed E-state index contributed by atoms with van der Waals surface area (Å²) in [4.78, 5) is 4.22. The fourth-order valence-electron chi connectivity index (χ4n) is 1.62. The molecule has 0 saturated carbocycles. The van der Waals surface area contributed by atoms with Gasteiger partial charge in [-0.25, -0.2) is 5.11 Å². The number of nitrogens with one attached hydrogen (secondary N) is 1. The molecule has 2 N–H and O–H groups in total. The van der Waals surface area contributed by atoms with Crippen molar-refractivity contribution < 1.29 is 10.2 Å². The van der Waals surface area contributed by atoms with Crippen molar-refractivity contribution in [2.24, 2.45) is 0 Å². The second-order valence-corrected chi connectivity index (χ2v) is 4.13. The van der Waals surface area contributed by atoms with E-state index >= 15 is 0 Å². The molecule has 1 rings (SSSR count). The van der Waals surface area contributed by atoms with Gasteiger partial charge in [-0.1, -0.05) is 6.07 Å². The quantitative estimate of drug-likeness (QED) is 0.634. The maximum absolute atomic E-state index is 10.2. The van der Waals surface area contributed by atoms with Gasteiger partial charge < -0.3 is 10.4 Å². The molecule has 17 heavy (non-hydrogen) atoms.